The van der Waals surface area contributed by atoms with Gasteiger partial charge < -0.3 is 14.5 Å². The van der Waals surface area contributed by atoms with E-state index in [0.717, 1.165) is 11.5 Å². The minimum Gasteiger partial charge on any atom is -0.368 e. The zero-order chi connectivity index (χ0) is 18.1. The SMILES string of the molecule is CN(C)c1nccnc1C1CN(C(=O)c2cnn3cccnc23)CCO1. The van der Waals surface area contributed by atoms with Crippen LogP contribution in [0, 0.1) is 0 Å². The topological polar surface area (TPSA) is 88.8 Å². The number of rotatable bonds is 3. The Morgan fingerprint density at radius 2 is 2.08 bits per heavy atom. The first-order valence-electron chi connectivity index (χ1n) is 8.32. The number of carbonyl (C=O) groups is 1. The summed E-state index contributed by atoms with van der Waals surface area (Å²) in [6.07, 6.45) is 7.94. The second-order valence-electron chi connectivity index (χ2n) is 6.22. The molecule has 1 aliphatic heterocycles. The highest BCUT2D eigenvalue weighted by Crippen LogP contribution is 2.27. The highest BCUT2D eigenvalue weighted by molar-refractivity contribution is 5.99. The van der Waals surface area contributed by atoms with Crippen molar-refractivity contribution in [3.05, 3.63) is 48.3 Å². The van der Waals surface area contributed by atoms with Crippen molar-refractivity contribution in [2.45, 2.75) is 6.10 Å². The van der Waals surface area contributed by atoms with Gasteiger partial charge in [0.2, 0.25) is 0 Å². The second kappa shape index (κ2) is 6.68. The van der Waals surface area contributed by atoms with E-state index in [9.17, 15) is 4.79 Å². The largest absolute Gasteiger partial charge is 0.368 e. The molecule has 0 N–H and O–H groups in total. The molecule has 26 heavy (non-hydrogen) atoms. The number of ether oxygens (including phenoxy) is 1. The monoisotopic (exact) mass is 353 g/mol. The van der Waals surface area contributed by atoms with Crippen LogP contribution in [0.3, 0.4) is 0 Å². The lowest BCUT2D eigenvalue weighted by Crippen LogP contribution is -2.42. The predicted molar refractivity (Wildman–Crippen MR) is 93.9 cm³/mol. The summed E-state index contributed by atoms with van der Waals surface area (Å²) in [7, 11) is 3.81. The molecule has 0 aromatic carbocycles. The van der Waals surface area contributed by atoms with Gasteiger partial charge >= 0.3 is 0 Å². The van der Waals surface area contributed by atoms with Crippen LogP contribution in [0.1, 0.15) is 22.2 Å². The first-order valence-corrected chi connectivity index (χ1v) is 8.32. The van der Waals surface area contributed by atoms with Crippen LogP contribution in [0.25, 0.3) is 5.65 Å². The van der Waals surface area contributed by atoms with Crippen LogP contribution in [0.2, 0.25) is 0 Å². The van der Waals surface area contributed by atoms with Crippen LogP contribution in [0.4, 0.5) is 5.82 Å². The Balaban J connectivity index is 1.60. The summed E-state index contributed by atoms with van der Waals surface area (Å²) < 4.78 is 7.48. The van der Waals surface area contributed by atoms with E-state index < -0.39 is 0 Å². The Bertz CT molecular complexity index is 940. The summed E-state index contributed by atoms with van der Waals surface area (Å²) in [6.45, 7) is 1.35. The number of hydrogen-bond donors (Lipinski definition) is 0. The third kappa shape index (κ3) is 2.86. The first-order chi connectivity index (χ1) is 12.6. The van der Waals surface area contributed by atoms with Crippen LogP contribution < -0.4 is 4.90 Å². The lowest BCUT2D eigenvalue weighted by Gasteiger charge is -2.33. The maximum atomic E-state index is 13.0. The highest BCUT2D eigenvalue weighted by Gasteiger charge is 2.30. The molecule has 0 bridgehead atoms. The summed E-state index contributed by atoms with van der Waals surface area (Å²) >= 11 is 0. The van der Waals surface area contributed by atoms with E-state index in [1.165, 1.54) is 0 Å². The van der Waals surface area contributed by atoms with Gasteiger partial charge in [-0.05, 0) is 6.07 Å². The van der Waals surface area contributed by atoms with Crippen molar-refractivity contribution in [3.63, 3.8) is 0 Å². The van der Waals surface area contributed by atoms with Crippen LogP contribution >= 0.6 is 0 Å². The average Bonchev–Trinajstić information content (AvgIpc) is 3.11. The number of morpholine rings is 1. The summed E-state index contributed by atoms with van der Waals surface area (Å²) in [5.41, 5.74) is 1.76. The Labute approximate surface area is 150 Å². The highest BCUT2D eigenvalue weighted by atomic mass is 16.5. The van der Waals surface area contributed by atoms with Gasteiger partial charge in [0, 0.05) is 45.4 Å². The number of anilines is 1. The smallest absolute Gasteiger partial charge is 0.259 e. The number of carbonyl (C=O) groups excluding carboxylic acids is 1. The third-order valence-electron chi connectivity index (χ3n) is 4.30. The molecule has 4 heterocycles. The van der Waals surface area contributed by atoms with Gasteiger partial charge in [0.05, 0.1) is 19.3 Å². The molecule has 9 heteroatoms. The van der Waals surface area contributed by atoms with Crippen LogP contribution in [0.5, 0.6) is 0 Å². The maximum Gasteiger partial charge on any atom is 0.259 e. The van der Waals surface area contributed by atoms with E-state index in [2.05, 4.69) is 20.1 Å². The molecule has 4 rings (SSSR count). The summed E-state index contributed by atoms with van der Waals surface area (Å²) in [6, 6.07) is 1.77. The summed E-state index contributed by atoms with van der Waals surface area (Å²) in [4.78, 5) is 29.7. The second-order valence-corrected chi connectivity index (χ2v) is 6.22. The van der Waals surface area contributed by atoms with Crippen molar-refractivity contribution in [3.8, 4) is 0 Å². The quantitative estimate of drug-likeness (QED) is 0.688. The maximum absolute atomic E-state index is 13.0. The third-order valence-corrected chi connectivity index (χ3v) is 4.30. The molecule has 1 saturated heterocycles. The van der Waals surface area contributed by atoms with Crippen molar-refractivity contribution in [1.82, 2.24) is 29.5 Å². The molecule has 0 spiro atoms. The van der Waals surface area contributed by atoms with Gasteiger partial charge in [0.15, 0.2) is 11.5 Å². The van der Waals surface area contributed by atoms with E-state index in [4.69, 9.17) is 4.74 Å². The van der Waals surface area contributed by atoms with Crippen LogP contribution in [0.15, 0.2) is 37.1 Å². The van der Waals surface area contributed by atoms with Gasteiger partial charge in [0.1, 0.15) is 17.4 Å². The predicted octanol–water partition coefficient (Wildman–Crippen LogP) is 0.799. The zero-order valence-electron chi connectivity index (χ0n) is 14.6. The number of amides is 1. The van der Waals surface area contributed by atoms with E-state index in [1.807, 2.05) is 19.0 Å². The standard InChI is InChI=1S/C17H19N7O2/c1-22(2)16-14(18-5-6-20-16)13-11-23(8-9-26-13)17(25)12-10-21-24-7-3-4-19-15(12)24/h3-7,10,13H,8-9,11H2,1-2H3. The van der Waals surface area contributed by atoms with Gasteiger partial charge in [0.25, 0.3) is 5.91 Å². The Kier molecular flexibility index (Phi) is 4.21. The lowest BCUT2D eigenvalue weighted by atomic mass is 10.1. The van der Waals surface area contributed by atoms with Gasteiger partial charge in [-0.2, -0.15) is 5.10 Å². The van der Waals surface area contributed by atoms with Gasteiger partial charge in [-0.25, -0.2) is 14.5 Å². The molecule has 0 radical (unpaired) electrons. The molecule has 134 valence electrons. The Morgan fingerprint density at radius 3 is 2.92 bits per heavy atom. The van der Waals surface area contributed by atoms with E-state index in [1.54, 1.807) is 46.5 Å². The Hall–Kier alpha value is -3.07. The normalized spacial score (nSPS) is 17.5. The molecular formula is C17H19N7O2. The number of nitrogens with zero attached hydrogens (tertiary/aromatic N) is 7. The first kappa shape index (κ1) is 16.4. The summed E-state index contributed by atoms with van der Waals surface area (Å²) in [5.74, 6) is 0.631. The van der Waals surface area contributed by atoms with Gasteiger partial charge in [-0.1, -0.05) is 0 Å². The molecule has 3 aromatic rings. The van der Waals surface area contributed by atoms with Crippen molar-refractivity contribution in [2.75, 3.05) is 38.7 Å². The minimum atomic E-state index is -0.325. The fraction of sp³-hybridized carbons (Fsp3) is 0.353. The average molecular weight is 353 g/mol. The minimum absolute atomic E-state index is 0.109. The van der Waals surface area contributed by atoms with Crippen molar-refractivity contribution in [1.29, 1.82) is 0 Å². The molecule has 0 saturated carbocycles. The molecule has 1 aliphatic rings. The number of fused-ring (bicyclic) bond motifs is 1. The van der Waals surface area contributed by atoms with Gasteiger partial charge in [-0.3, -0.25) is 9.78 Å². The molecule has 1 fully saturated rings. The zero-order valence-corrected chi connectivity index (χ0v) is 14.6. The van der Waals surface area contributed by atoms with Crippen LogP contribution in [-0.2, 0) is 4.74 Å². The fourth-order valence-corrected chi connectivity index (χ4v) is 3.06. The fourth-order valence-electron chi connectivity index (χ4n) is 3.06. The molecular weight excluding hydrogens is 334 g/mol. The van der Waals surface area contributed by atoms with Crippen LogP contribution in [-0.4, -0.2) is 69.2 Å². The molecule has 0 aliphatic carbocycles. The number of hydrogen-bond acceptors (Lipinski definition) is 7. The lowest BCUT2D eigenvalue weighted by molar-refractivity contribution is -0.0245. The van der Waals surface area contributed by atoms with Gasteiger partial charge in [-0.15, -0.1) is 0 Å². The molecule has 1 unspecified atom stereocenters. The van der Waals surface area contributed by atoms with E-state index in [0.29, 0.717) is 30.9 Å². The molecule has 9 nitrogen and oxygen atoms in total. The summed E-state index contributed by atoms with van der Waals surface area (Å²) in [5, 5.41) is 4.20. The molecule has 1 amide bonds. The number of aromatic nitrogens is 5. The molecule has 1 atom stereocenters. The van der Waals surface area contributed by atoms with Crippen molar-refractivity contribution in [2.24, 2.45) is 0 Å². The van der Waals surface area contributed by atoms with Crippen molar-refractivity contribution < 1.29 is 9.53 Å². The molecule has 3 aromatic heterocycles. The van der Waals surface area contributed by atoms with E-state index in [-0.39, 0.29) is 12.0 Å². The van der Waals surface area contributed by atoms with Crippen molar-refractivity contribution >= 4 is 17.4 Å². The van der Waals surface area contributed by atoms with E-state index >= 15 is 0 Å². The Morgan fingerprint density at radius 1 is 1.23 bits per heavy atom.